The van der Waals surface area contributed by atoms with Crippen molar-refractivity contribution in [1.29, 1.82) is 15.8 Å². The van der Waals surface area contributed by atoms with E-state index in [1.807, 2.05) is 36.4 Å². The smallest absolute Gasteiger partial charge is 0.145 e. The molecule has 0 heterocycles. The van der Waals surface area contributed by atoms with Gasteiger partial charge in [-0.05, 0) is 35.4 Å². The Morgan fingerprint density at radius 1 is 0.905 bits per heavy atom. The lowest BCUT2D eigenvalue weighted by molar-refractivity contribution is 1.44. The van der Waals surface area contributed by atoms with Gasteiger partial charge in [-0.3, -0.25) is 0 Å². The van der Waals surface area contributed by atoms with E-state index in [1.54, 1.807) is 24.3 Å². The van der Waals surface area contributed by atoms with Crippen molar-refractivity contribution in [1.82, 2.24) is 0 Å². The van der Waals surface area contributed by atoms with E-state index in [4.69, 9.17) is 15.8 Å². The Morgan fingerprint density at radius 2 is 1.62 bits per heavy atom. The highest BCUT2D eigenvalue weighted by Gasteiger charge is 2.00. The molecule has 4 heteroatoms. The fourth-order valence-electron chi connectivity index (χ4n) is 1.77. The van der Waals surface area contributed by atoms with E-state index in [0.717, 1.165) is 16.8 Å². The minimum atomic E-state index is 0.0128. The number of nitriles is 3. The monoisotopic (exact) mass is 270 g/mol. The van der Waals surface area contributed by atoms with Gasteiger partial charge in [0.25, 0.3) is 0 Å². The van der Waals surface area contributed by atoms with Gasteiger partial charge >= 0.3 is 0 Å². The largest absolute Gasteiger partial charge is 0.360 e. The van der Waals surface area contributed by atoms with E-state index < -0.39 is 0 Å². The van der Waals surface area contributed by atoms with Crippen LogP contribution < -0.4 is 5.32 Å². The van der Waals surface area contributed by atoms with Gasteiger partial charge in [0.15, 0.2) is 0 Å². The van der Waals surface area contributed by atoms with Crippen LogP contribution in [0.1, 0.15) is 5.56 Å². The minimum absolute atomic E-state index is 0.0128. The maximum Gasteiger partial charge on any atom is 0.145 e. The van der Waals surface area contributed by atoms with E-state index in [-0.39, 0.29) is 5.57 Å². The first-order valence-electron chi connectivity index (χ1n) is 6.14. The number of anilines is 1. The third-order valence-corrected chi connectivity index (χ3v) is 2.83. The first kappa shape index (κ1) is 13.9. The normalized spacial score (nSPS) is 8.81. The summed E-state index contributed by atoms with van der Waals surface area (Å²) in [5.41, 5.74) is 3.37. The summed E-state index contributed by atoms with van der Waals surface area (Å²) in [5.74, 6) is 0. The molecule has 0 radical (unpaired) electrons. The maximum atomic E-state index is 8.79. The summed E-state index contributed by atoms with van der Waals surface area (Å²) in [6, 6.07) is 20.5. The van der Waals surface area contributed by atoms with E-state index in [9.17, 15) is 0 Å². The summed E-state index contributed by atoms with van der Waals surface area (Å²) in [5, 5.41) is 29.1. The van der Waals surface area contributed by atoms with Crippen molar-refractivity contribution in [2.75, 3.05) is 5.32 Å². The van der Waals surface area contributed by atoms with E-state index in [1.165, 1.54) is 6.20 Å². The summed E-state index contributed by atoms with van der Waals surface area (Å²) in [4.78, 5) is 0. The first-order chi connectivity index (χ1) is 10.3. The fourth-order valence-corrected chi connectivity index (χ4v) is 1.77. The van der Waals surface area contributed by atoms with Gasteiger partial charge < -0.3 is 5.32 Å². The van der Waals surface area contributed by atoms with Gasteiger partial charge in [0.05, 0.1) is 11.6 Å². The summed E-state index contributed by atoms with van der Waals surface area (Å²) < 4.78 is 0. The van der Waals surface area contributed by atoms with Gasteiger partial charge in [-0.1, -0.05) is 24.3 Å². The molecule has 2 aromatic rings. The van der Waals surface area contributed by atoms with Crippen molar-refractivity contribution in [3.05, 3.63) is 65.9 Å². The molecule has 0 aliphatic rings. The minimum Gasteiger partial charge on any atom is -0.360 e. The van der Waals surface area contributed by atoms with Crippen LogP contribution in [-0.4, -0.2) is 0 Å². The van der Waals surface area contributed by atoms with Gasteiger partial charge in [0.1, 0.15) is 17.7 Å². The molecule has 4 nitrogen and oxygen atoms in total. The zero-order valence-electron chi connectivity index (χ0n) is 11.0. The summed E-state index contributed by atoms with van der Waals surface area (Å²) >= 11 is 0. The Labute approximate surface area is 122 Å². The molecule has 0 atom stereocenters. The van der Waals surface area contributed by atoms with Crippen LogP contribution in [0.2, 0.25) is 0 Å². The van der Waals surface area contributed by atoms with E-state index in [2.05, 4.69) is 11.4 Å². The Kier molecular flexibility index (Phi) is 4.34. The van der Waals surface area contributed by atoms with Crippen molar-refractivity contribution in [3.63, 3.8) is 0 Å². The second-order valence-electron chi connectivity index (χ2n) is 4.20. The van der Waals surface area contributed by atoms with Crippen molar-refractivity contribution in [2.45, 2.75) is 0 Å². The average molecular weight is 270 g/mol. The molecule has 0 aliphatic carbocycles. The number of nitrogens with one attached hydrogen (secondary N) is 1. The number of benzene rings is 2. The number of hydrogen-bond donors (Lipinski definition) is 1. The van der Waals surface area contributed by atoms with Crippen LogP contribution in [0.4, 0.5) is 5.69 Å². The number of nitrogens with zero attached hydrogens (tertiary/aromatic N) is 3. The number of hydrogen-bond acceptors (Lipinski definition) is 4. The highest BCUT2D eigenvalue weighted by molar-refractivity contribution is 5.69. The van der Waals surface area contributed by atoms with Crippen LogP contribution in [0.15, 0.2) is 60.3 Å². The van der Waals surface area contributed by atoms with Crippen LogP contribution in [0.25, 0.3) is 11.1 Å². The highest BCUT2D eigenvalue weighted by Crippen LogP contribution is 2.23. The van der Waals surface area contributed by atoms with Crippen LogP contribution in [0.3, 0.4) is 0 Å². The van der Waals surface area contributed by atoms with Gasteiger partial charge in [0.2, 0.25) is 0 Å². The third-order valence-electron chi connectivity index (χ3n) is 2.83. The summed E-state index contributed by atoms with van der Waals surface area (Å²) in [7, 11) is 0. The predicted octanol–water partition coefficient (Wildman–Crippen LogP) is 3.57. The molecular weight excluding hydrogens is 260 g/mol. The van der Waals surface area contributed by atoms with Crippen molar-refractivity contribution in [3.8, 4) is 29.3 Å². The SMILES string of the molecule is N#CC(C#N)=CNc1cccc(-c2ccc(C#N)cc2)c1. The molecule has 0 unspecified atom stereocenters. The second-order valence-corrected chi connectivity index (χ2v) is 4.20. The molecule has 0 fully saturated rings. The van der Waals surface area contributed by atoms with E-state index in [0.29, 0.717) is 5.56 Å². The lowest BCUT2D eigenvalue weighted by atomic mass is 10.0. The molecule has 0 amide bonds. The van der Waals surface area contributed by atoms with Gasteiger partial charge in [-0.2, -0.15) is 15.8 Å². The molecule has 0 aliphatic heterocycles. The molecular formula is C17H10N4. The topological polar surface area (TPSA) is 83.4 Å². The molecule has 0 bridgehead atoms. The van der Waals surface area contributed by atoms with E-state index >= 15 is 0 Å². The molecule has 2 aromatic carbocycles. The molecule has 0 aromatic heterocycles. The standard InChI is InChI=1S/C17H10N4/c18-9-13-4-6-15(7-5-13)16-2-1-3-17(8-16)21-12-14(10-19)11-20/h1-8,12,21H. The molecule has 0 saturated carbocycles. The lowest BCUT2D eigenvalue weighted by Gasteiger charge is -2.05. The van der Waals surface area contributed by atoms with Crippen molar-refractivity contribution < 1.29 is 0 Å². The molecule has 0 spiro atoms. The number of rotatable bonds is 3. The molecule has 98 valence electrons. The zero-order valence-corrected chi connectivity index (χ0v) is 11.0. The Bertz CT molecular complexity index is 780. The van der Waals surface area contributed by atoms with Gasteiger partial charge in [-0.15, -0.1) is 0 Å². The summed E-state index contributed by atoms with van der Waals surface area (Å²) in [6.45, 7) is 0. The van der Waals surface area contributed by atoms with Crippen LogP contribution >= 0.6 is 0 Å². The second kappa shape index (κ2) is 6.57. The molecule has 21 heavy (non-hydrogen) atoms. The van der Waals surface area contributed by atoms with Gasteiger partial charge in [-0.25, -0.2) is 0 Å². The van der Waals surface area contributed by atoms with Crippen molar-refractivity contribution in [2.24, 2.45) is 0 Å². The third kappa shape index (κ3) is 3.47. The Balaban J connectivity index is 2.26. The van der Waals surface area contributed by atoms with Crippen LogP contribution in [0, 0.1) is 34.0 Å². The molecule has 0 saturated heterocycles. The predicted molar refractivity (Wildman–Crippen MR) is 79.5 cm³/mol. The zero-order chi connectivity index (χ0) is 15.1. The lowest BCUT2D eigenvalue weighted by Crippen LogP contribution is -1.90. The number of allylic oxidation sites excluding steroid dienone is 1. The first-order valence-corrected chi connectivity index (χ1v) is 6.14. The summed E-state index contributed by atoms with van der Waals surface area (Å²) in [6.07, 6.45) is 1.37. The molecule has 1 N–H and O–H groups in total. The van der Waals surface area contributed by atoms with Crippen molar-refractivity contribution >= 4 is 5.69 Å². The highest BCUT2D eigenvalue weighted by atomic mass is 14.8. The quantitative estimate of drug-likeness (QED) is 0.864. The fraction of sp³-hybridized carbons (Fsp3) is 0. The Hall–Kier alpha value is -3.55. The van der Waals surface area contributed by atoms with Gasteiger partial charge in [0, 0.05) is 11.9 Å². The van der Waals surface area contributed by atoms with Crippen LogP contribution in [0.5, 0.6) is 0 Å². The molecule has 2 rings (SSSR count). The Morgan fingerprint density at radius 3 is 2.24 bits per heavy atom. The van der Waals surface area contributed by atoms with Crippen LogP contribution in [-0.2, 0) is 0 Å². The maximum absolute atomic E-state index is 8.79. The average Bonchev–Trinajstić information content (AvgIpc) is 2.56.